The summed E-state index contributed by atoms with van der Waals surface area (Å²) in [6, 6.07) is 18.9. The normalized spacial score (nSPS) is 14.8. The van der Waals surface area contributed by atoms with E-state index in [4.69, 9.17) is 7.85 Å². The van der Waals surface area contributed by atoms with Crippen molar-refractivity contribution in [2.24, 2.45) is 0 Å². The number of anilines is 1. The van der Waals surface area contributed by atoms with Gasteiger partial charge in [-0.25, -0.2) is 4.98 Å². The van der Waals surface area contributed by atoms with Gasteiger partial charge < -0.3 is 15.7 Å². The van der Waals surface area contributed by atoms with Crippen LogP contribution in [0.2, 0.25) is 0 Å². The Hall–Kier alpha value is -3.81. The summed E-state index contributed by atoms with van der Waals surface area (Å²) in [5.41, 5.74) is 2.78. The number of aromatic hydroxyl groups is 1. The fourth-order valence-corrected chi connectivity index (χ4v) is 4.85. The number of carbonyl (C=O) groups excluding carboxylic acids is 1. The van der Waals surface area contributed by atoms with Gasteiger partial charge in [-0.2, -0.15) is 9.61 Å². The first kappa shape index (κ1) is 22.0. The fraction of sp³-hybridized carbons (Fsp3) is 0.269. The van der Waals surface area contributed by atoms with Crippen LogP contribution in [0.25, 0.3) is 16.9 Å². The first-order valence-corrected chi connectivity index (χ1v) is 11.6. The molecule has 2 radical (unpaired) electrons. The monoisotopic (exact) mass is 451 g/mol. The summed E-state index contributed by atoms with van der Waals surface area (Å²) in [5, 5.41) is 21.1. The van der Waals surface area contributed by atoms with Gasteiger partial charge in [0, 0.05) is 30.9 Å². The molecule has 0 aliphatic heterocycles. The summed E-state index contributed by atoms with van der Waals surface area (Å²) in [7, 11) is 6.07. The van der Waals surface area contributed by atoms with Crippen LogP contribution in [0.4, 0.5) is 5.82 Å². The number of phenols is 1. The maximum atomic E-state index is 13.3. The minimum atomic E-state index is -0.445. The molecule has 1 fully saturated rings. The van der Waals surface area contributed by atoms with Gasteiger partial charge in [0.15, 0.2) is 5.65 Å². The van der Waals surface area contributed by atoms with Crippen molar-refractivity contribution in [2.75, 3.05) is 18.4 Å². The molecule has 7 nitrogen and oxygen atoms in total. The predicted molar refractivity (Wildman–Crippen MR) is 134 cm³/mol. The van der Waals surface area contributed by atoms with Crippen LogP contribution in [-0.4, -0.2) is 46.5 Å². The van der Waals surface area contributed by atoms with Gasteiger partial charge in [-0.15, -0.1) is 0 Å². The highest BCUT2D eigenvalue weighted by Gasteiger charge is 2.42. The Morgan fingerprint density at radius 1 is 1.06 bits per heavy atom. The van der Waals surface area contributed by atoms with Crippen molar-refractivity contribution in [3.63, 3.8) is 0 Å². The summed E-state index contributed by atoms with van der Waals surface area (Å²) >= 11 is 0. The van der Waals surface area contributed by atoms with E-state index < -0.39 is 5.41 Å². The van der Waals surface area contributed by atoms with Crippen LogP contribution in [0.15, 0.2) is 66.9 Å². The summed E-state index contributed by atoms with van der Waals surface area (Å²) in [5.74, 6) is 0.891. The fourth-order valence-electron chi connectivity index (χ4n) is 4.85. The van der Waals surface area contributed by atoms with Gasteiger partial charge in [-0.3, -0.25) is 4.79 Å². The quantitative estimate of drug-likeness (QED) is 0.297. The summed E-state index contributed by atoms with van der Waals surface area (Å²) in [6.07, 6.45) is 5.42. The number of nitrogens with one attached hydrogen (secondary N) is 2. The van der Waals surface area contributed by atoms with Crippen LogP contribution in [0.1, 0.15) is 31.2 Å². The number of amides is 1. The highest BCUT2D eigenvalue weighted by Crippen LogP contribution is 2.41. The Morgan fingerprint density at radius 2 is 1.79 bits per heavy atom. The Bertz CT molecular complexity index is 1320. The Balaban J connectivity index is 1.32. The lowest BCUT2D eigenvalue weighted by Crippen LogP contribution is -2.44. The zero-order valence-electron chi connectivity index (χ0n) is 18.9. The van der Waals surface area contributed by atoms with E-state index in [9.17, 15) is 9.90 Å². The predicted octanol–water partition coefficient (Wildman–Crippen LogP) is 2.94. The summed E-state index contributed by atoms with van der Waals surface area (Å²) in [6.45, 7) is 0.954. The molecule has 8 heteroatoms. The van der Waals surface area contributed by atoms with Crippen molar-refractivity contribution in [3.8, 4) is 17.0 Å². The van der Waals surface area contributed by atoms with E-state index in [1.165, 1.54) is 0 Å². The van der Waals surface area contributed by atoms with E-state index in [1.54, 1.807) is 28.9 Å². The SMILES string of the molecule is [B]c1cnn2c(NCCNC(=O)C3(c4ccccc4)CCCC3)cc(-c3ccccc3O)nc12. The van der Waals surface area contributed by atoms with E-state index in [2.05, 4.69) is 32.8 Å². The minimum Gasteiger partial charge on any atom is -0.507 e. The first-order valence-electron chi connectivity index (χ1n) is 11.6. The van der Waals surface area contributed by atoms with Crippen molar-refractivity contribution in [2.45, 2.75) is 31.1 Å². The van der Waals surface area contributed by atoms with Gasteiger partial charge in [-0.05, 0) is 36.0 Å². The largest absolute Gasteiger partial charge is 0.507 e. The highest BCUT2D eigenvalue weighted by molar-refractivity contribution is 6.36. The molecule has 1 aliphatic carbocycles. The second-order valence-corrected chi connectivity index (χ2v) is 8.72. The van der Waals surface area contributed by atoms with Crippen LogP contribution < -0.4 is 16.1 Å². The molecule has 0 unspecified atom stereocenters. The second kappa shape index (κ2) is 9.21. The third kappa shape index (κ3) is 4.00. The third-order valence-corrected chi connectivity index (χ3v) is 6.61. The molecule has 0 spiro atoms. The number of hydrogen-bond acceptors (Lipinski definition) is 5. The molecule has 170 valence electrons. The molecule has 1 aliphatic rings. The van der Waals surface area contributed by atoms with E-state index >= 15 is 0 Å². The molecular formula is C26H26BN5O2. The standard InChI is InChI=1S/C26H26BN5O2/c27-20-17-30-32-23(16-21(31-24(20)32)19-10-4-5-11-22(19)33)28-14-15-29-25(34)26(12-6-7-13-26)18-8-2-1-3-9-18/h1-5,8-11,16-17,28,33H,6-7,12-15H2,(H,29,34). The van der Waals surface area contributed by atoms with Gasteiger partial charge >= 0.3 is 0 Å². The van der Waals surface area contributed by atoms with Crippen LogP contribution in [0.5, 0.6) is 5.75 Å². The molecule has 4 aromatic rings. The van der Waals surface area contributed by atoms with E-state index in [-0.39, 0.29) is 11.7 Å². The molecular weight excluding hydrogens is 425 g/mol. The third-order valence-electron chi connectivity index (χ3n) is 6.61. The van der Waals surface area contributed by atoms with E-state index in [0.29, 0.717) is 41.3 Å². The Labute approximate surface area is 199 Å². The molecule has 2 aromatic carbocycles. The molecule has 3 N–H and O–H groups in total. The average molecular weight is 451 g/mol. The lowest BCUT2D eigenvalue weighted by atomic mass is 9.78. The second-order valence-electron chi connectivity index (χ2n) is 8.72. The van der Waals surface area contributed by atoms with Crippen molar-refractivity contribution in [3.05, 3.63) is 72.4 Å². The molecule has 1 saturated carbocycles. The molecule has 0 saturated heterocycles. The molecule has 1 amide bonds. The van der Waals surface area contributed by atoms with Crippen LogP contribution in [0.3, 0.4) is 0 Å². The first-order chi connectivity index (χ1) is 16.6. The average Bonchev–Trinajstić information content (AvgIpc) is 3.51. The number of rotatable bonds is 7. The molecule has 2 heterocycles. The smallest absolute Gasteiger partial charge is 0.230 e. The zero-order valence-corrected chi connectivity index (χ0v) is 18.9. The van der Waals surface area contributed by atoms with Crippen LogP contribution in [0, 0.1) is 0 Å². The lowest BCUT2D eigenvalue weighted by molar-refractivity contribution is -0.126. The Kier molecular flexibility index (Phi) is 5.96. The number of phenolic OH excluding ortho intramolecular Hbond substituents is 1. The van der Waals surface area contributed by atoms with Crippen molar-refractivity contribution >= 4 is 30.7 Å². The van der Waals surface area contributed by atoms with Gasteiger partial charge in [0.05, 0.1) is 11.1 Å². The number of hydrogen-bond donors (Lipinski definition) is 3. The highest BCUT2D eigenvalue weighted by atomic mass is 16.3. The van der Waals surface area contributed by atoms with E-state index in [0.717, 1.165) is 31.2 Å². The number of para-hydroxylation sites is 1. The minimum absolute atomic E-state index is 0.0797. The summed E-state index contributed by atoms with van der Waals surface area (Å²) < 4.78 is 1.63. The number of carbonyl (C=O) groups is 1. The molecule has 5 rings (SSSR count). The molecule has 0 atom stereocenters. The number of nitrogens with zero attached hydrogens (tertiary/aromatic N) is 3. The summed E-state index contributed by atoms with van der Waals surface area (Å²) in [4.78, 5) is 17.8. The number of fused-ring (bicyclic) bond motifs is 1. The molecule has 0 bridgehead atoms. The van der Waals surface area contributed by atoms with Gasteiger partial charge in [-0.1, -0.05) is 55.3 Å². The maximum Gasteiger partial charge on any atom is 0.230 e. The molecule has 34 heavy (non-hydrogen) atoms. The topological polar surface area (TPSA) is 91.5 Å². The maximum absolute atomic E-state index is 13.3. The van der Waals surface area contributed by atoms with Gasteiger partial charge in [0.1, 0.15) is 19.4 Å². The lowest BCUT2D eigenvalue weighted by Gasteiger charge is -2.28. The van der Waals surface area contributed by atoms with Crippen molar-refractivity contribution < 1.29 is 9.90 Å². The van der Waals surface area contributed by atoms with Crippen LogP contribution >= 0.6 is 0 Å². The molecule has 2 aromatic heterocycles. The van der Waals surface area contributed by atoms with E-state index in [1.807, 2.05) is 30.3 Å². The van der Waals surface area contributed by atoms with Crippen molar-refractivity contribution in [1.82, 2.24) is 19.9 Å². The number of benzene rings is 2. The van der Waals surface area contributed by atoms with Crippen LogP contribution in [-0.2, 0) is 10.2 Å². The Morgan fingerprint density at radius 3 is 2.56 bits per heavy atom. The number of aromatic nitrogens is 3. The van der Waals surface area contributed by atoms with Crippen molar-refractivity contribution in [1.29, 1.82) is 0 Å². The zero-order chi connectivity index (χ0) is 23.5. The van der Waals surface area contributed by atoms with Gasteiger partial charge in [0.25, 0.3) is 0 Å². The van der Waals surface area contributed by atoms with Gasteiger partial charge in [0.2, 0.25) is 5.91 Å².